The summed E-state index contributed by atoms with van der Waals surface area (Å²) in [4.78, 5) is 4.26. The van der Waals surface area contributed by atoms with Crippen LogP contribution in [0.25, 0.3) is 0 Å². The Labute approximate surface area is 89.8 Å². The third kappa shape index (κ3) is 2.55. The first-order valence-corrected chi connectivity index (χ1v) is 6.26. The molecule has 0 bridgehead atoms. The molecule has 0 amide bonds. The summed E-state index contributed by atoms with van der Waals surface area (Å²) in [7, 11) is 0. The van der Waals surface area contributed by atoms with E-state index in [4.69, 9.17) is 0 Å². The maximum absolute atomic E-state index is 4.26. The van der Waals surface area contributed by atoms with Gasteiger partial charge in [0.1, 0.15) is 5.01 Å². The molecule has 0 atom stereocenters. The molecule has 1 aromatic heterocycles. The molecule has 0 spiro atoms. The Bertz CT molecular complexity index is 263. The van der Waals surface area contributed by atoms with Crippen molar-refractivity contribution in [3.63, 3.8) is 0 Å². The molecule has 0 unspecified atom stereocenters. The SMILES string of the molecule is CC1(CNCc2nccs2)CCCC1. The number of nitrogens with one attached hydrogen (secondary N) is 1. The lowest BCUT2D eigenvalue weighted by Crippen LogP contribution is -2.29. The molecule has 1 fully saturated rings. The summed E-state index contributed by atoms with van der Waals surface area (Å²) in [5.74, 6) is 0. The van der Waals surface area contributed by atoms with Crippen LogP contribution < -0.4 is 5.32 Å². The highest BCUT2D eigenvalue weighted by molar-refractivity contribution is 7.09. The highest BCUT2D eigenvalue weighted by Gasteiger charge is 2.27. The van der Waals surface area contributed by atoms with E-state index in [1.165, 1.54) is 30.7 Å². The first kappa shape index (κ1) is 10.1. The fourth-order valence-electron chi connectivity index (χ4n) is 2.22. The predicted molar refractivity (Wildman–Crippen MR) is 60.4 cm³/mol. The van der Waals surface area contributed by atoms with Gasteiger partial charge in [-0.3, -0.25) is 0 Å². The minimum atomic E-state index is 0.553. The Balaban J connectivity index is 1.72. The third-order valence-corrected chi connectivity index (χ3v) is 3.90. The van der Waals surface area contributed by atoms with E-state index in [2.05, 4.69) is 17.2 Å². The van der Waals surface area contributed by atoms with E-state index in [9.17, 15) is 0 Å². The van der Waals surface area contributed by atoms with Gasteiger partial charge in [-0.2, -0.15) is 0 Å². The zero-order valence-electron chi connectivity index (χ0n) is 8.75. The average molecular weight is 210 g/mol. The maximum Gasteiger partial charge on any atom is 0.106 e. The second-order valence-corrected chi connectivity index (χ2v) is 5.53. The van der Waals surface area contributed by atoms with Gasteiger partial charge < -0.3 is 5.32 Å². The maximum atomic E-state index is 4.26. The average Bonchev–Trinajstić information content (AvgIpc) is 2.77. The normalized spacial score (nSPS) is 20.1. The van der Waals surface area contributed by atoms with E-state index in [-0.39, 0.29) is 0 Å². The van der Waals surface area contributed by atoms with Gasteiger partial charge in [0, 0.05) is 24.7 Å². The number of hydrogen-bond donors (Lipinski definition) is 1. The van der Waals surface area contributed by atoms with E-state index in [1.54, 1.807) is 11.3 Å². The van der Waals surface area contributed by atoms with Gasteiger partial charge in [-0.25, -0.2) is 4.98 Å². The Morgan fingerprint density at radius 1 is 1.50 bits per heavy atom. The fourth-order valence-corrected chi connectivity index (χ4v) is 2.80. The molecule has 2 nitrogen and oxygen atoms in total. The van der Waals surface area contributed by atoms with Gasteiger partial charge in [-0.15, -0.1) is 11.3 Å². The van der Waals surface area contributed by atoms with Crippen molar-refractivity contribution in [2.24, 2.45) is 5.41 Å². The quantitative estimate of drug-likeness (QED) is 0.826. The summed E-state index contributed by atoms with van der Waals surface area (Å²) in [6, 6.07) is 0. The predicted octanol–water partition coefficient (Wildman–Crippen LogP) is 2.81. The van der Waals surface area contributed by atoms with Gasteiger partial charge in [0.05, 0.1) is 0 Å². The summed E-state index contributed by atoms with van der Waals surface area (Å²) < 4.78 is 0. The van der Waals surface area contributed by atoms with Gasteiger partial charge in [-0.1, -0.05) is 19.8 Å². The van der Waals surface area contributed by atoms with Crippen LogP contribution in [0.15, 0.2) is 11.6 Å². The number of thiazole rings is 1. The van der Waals surface area contributed by atoms with Gasteiger partial charge in [0.15, 0.2) is 0 Å². The van der Waals surface area contributed by atoms with Gasteiger partial charge in [0.25, 0.3) is 0 Å². The summed E-state index contributed by atoms with van der Waals surface area (Å²) >= 11 is 1.73. The Hall–Kier alpha value is -0.410. The number of hydrogen-bond acceptors (Lipinski definition) is 3. The van der Waals surface area contributed by atoms with Gasteiger partial charge in [-0.05, 0) is 18.3 Å². The lowest BCUT2D eigenvalue weighted by atomic mass is 9.89. The van der Waals surface area contributed by atoms with Crippen molar-refractivity contribution in [1.82, 2.24) is 10.3 Å². The molecule has 78 valence electrons. The standard InChI is InChI=1S/C11H18N2S/c1-11(4-2-3-5-11)9-12-8-10-13-6-7-14-10/h6-7,12H,2-5,8-9H2,1H3. The van der Waals surface area contributed by atoms with E-state index in [0.29, 0.717) is 5.41 Å². The van der Waals surface area contributed by atoms with Crippen LogP contribution in [0.1, 0.15) is 37.6 Å². The molecule has 1 aliphatic rings. The van der Waals surface area contributed by atoms with E-state index >= 15 is 0 Å². The zero-order valence-corrected chi connectivity index (χ0v) is 9.57. The van der Waals surface area contributed by atoms with Crippen LogP contribution in [0.5, 0.6) is 0 Å². The number of aromatic nitrogens is 1. The van der Waals surface area contributed by atoms with Gasteiger partial charge >= 0.3 is 0 Å². The topological polar surface area (TPSA) is 24.9 Å². The van der Waals surface area contributed by atoms with Crippen molar-refractivity contribution in [2.45, 2.75) is 39.2 Å². The molecule has 0 aliphatic heterocycles. The van der Waals surface area contributed by atoms with Crippen LogP contribution in [0.4, 0.5) is 0 Å². The van der Waals surface area contributed by atoms with Crippen molar-refractivity contribution in [3.8, 4) is 0 Å². The molecule has 0 aromatic carbocycles. The number of nitrogens with zero attached hydrogens (tertiary/aromatic N) is 1. The van der Waals surface area contributed by atoms with Crippen molar-refractivity contribution in [3.05, 3.63) is 16.6 Å². The molecule has 3 heteroatoms. The molecule has 1 aromatic rings. The minimum absolute atomic E-state index is 0.553. The molecule has 0 saturated heterocycles. The largest absolute Gasteiger partial charge is 0.310 e. The highest BCUT2D eigenvalue weighted by atomic mass is 32.1. The number of rotatable bonds is 4. The lowest BCUT2D eigenvalue weighted by Gasteiger charge is -2.23. The van der Waals surface area contributed by atoms with Crippen molar-refractivity contribution in [2.75, 3.05) is 6.54 Å². The smallest absolute Gasteiger partial charge is 0.106 e. The highest BCUT2D eigenvalue weighted by Crippen LogP contribution is 2.36. The molecular formula is C11H18N2S. The van der Waals surface area contributed by atoms with Crippen molar-refractivity contribution >= 4 is 11.3 Å². The van der Waals surface area contributed by atoms with Gasteiger partial charge in [0.2, 0.25) is 0 Å². The molecule has 2 rings (SSSR count). The molecular weight excluding hydrogens is 192 g/mol. The third-order valence-electron chi connectivity index (χ3n) is 3.12. The first-order chi connectivity index (χ1) is 6.79. The first-order valence-electron chi connectivity index (χ1n) is 5.38. The summed E-state index contributed by atoms with van der Waals surface area (Å²) in [6.07, 6.45) is 7.47. The van der Waals surface area contributed by atoms with E-state index < -0.39 is 0 Å². The van der Waals surface area contributed by atoms with Crippen molar-refractivity contribution < 1.29 is 0 Å². The molecule has 1 aliphatic carbocycles. The monoisotopic (exact) mass is 210 g/mol. The van der Waals surface area contributed by atoms with E-state index in [1.807, 2.05) is 11.6 Å². The minimum Gasteiger partial charge on any atom is -0.310 e. The molecule has 1 N–H and O–H groups in total. The van der Waals surface area contributed by atoms with Crippen LogP contribution in [0.2, 0.25) is 0 Å². The summed E-state index contributed by atoms with van der Waals surface area (Å²) in [6.45, 7) is 4.48. The van der Waals surface area contributed by atoms with Crippen molar-refractivity contribution in [1.29, 1.82) is 0 Å². The Morgan fingerprint density at radius 3 is 2.93 bits per heavy atom. The van der Waals surface area contributed by atoms with E-state index in [0.717, 1.165) is 13.1 Å². The second kappa shape index (κ2) is 4.41. The zero-order chi connectivity index (χ0) is 9.86. The fraction of sp³-hybridized carbons (Fsp3) is 0.727. The molecule has 1 heterocycles. The molecule has 0 radical (unpaired) electrons. The van der Waals surface area contributed by atoms with Crippen LogP contribution in [-0.4, -0.2) is 11.5 Å². The Kier molecular flexibility index (Phi) is 3.19. The second-order valence-electron chi connectivity index (χ2n) is 4.55. The van der Waals surface area contributed by atoms with Crippen LogP contribution in [0.3, 0.4) is 0 Å². The summed E-state index contributed by atoms with van der Waals surface area (Å²) in [5, 5.41) is 6.75. The molecule has 14 heavy (non-hydrogen) atoms. The lowest BCUT2D eigenvalue weighted by molar-refractivity contribution is 0.314. The Morgan fingerprint density at radius 2 is 2.29 bits per heavy atom. The summed E-state index contributed by atoms with van der Waals surface area (Å²) in [5.41, 5.74) is 0.553. The van der Waals surface area contributed by atoms with Crippen LogP contribution >= 0.6 is 11.3 Å². The van der Waals surface area contributed by atoms with Crippen LogP contribution in [0, 0.1) is 5.41 Å². The molecule has 1 saturated carbocycles. The van der Waals surface area contributed by atoms with Crippen LogP contribution in [-0.2, 0) is 6.54 Å².